The molecule has 0 aromatic carbocycles. The Hall–Kier alpha value is -2.46. The highest BCUT2D eigenvalue weighted by molar-refractivity contribution is 7.15. The average molecular weight is 430 g/mol. The first-order chi connectivity index (χ1) is 14.2. The smallest absolute Gasteiger partial charge is 0.232 e. The van der Waals surface area contributed by atoms with Crippen LogP contribution in [-0.2, 0) is 17.6 Å². The Morgan fingerprint density at radius 1 is 1.14 bits per heavy atom. The van der Waals surface area contributed by atoms with Gasteiger partial charge in [0.1, 0.15) is 10.0 Å². The van der Waals surface area contributed by atoms with Crippen LogP contribution in [0.5, 0.6) is 0 Å². The van der Waals surface area contributed by atoms with Crippen LogP contribution in [0.3, 0.4) is 0 Å². The predicted molar refractivity (Wildman–Crippen MR) is 114 cm³/mol. The second-order valence-corrected chi connectivity index (χ2v) is 9.17. The lowest BCUT2D eigenvalue weighted by Crippen LogP contribution is -2.14. The highest BCUT2D eigenvalue weighted by Gasteiger charge is 2.29. The van der Waals surface area contributed by atoms with Gasteiger partial charge in [-0.3, -0.25) is 9.78 Å². The summed E-state index contributed by atoms with van der Waals surface area (Å²) in [5.41, 5.74) is 0.737. The Balaban J connectivity index is 1.27. The van der Waals surface area contributed by atoms with Crippen molar-refractivity contribution < 1.29 is 4.79 Å². The van der Waals surface area contributed by atoms with E-state index in [4.69, 9.17) is 0 Å². The van der Waals surface area contributed by atoms with Crippen LogP contribution >= 0.6 is 22.7 Å². The number of aromatic nitrogens is 5. The maximum absolute atomic E-state index is 12.2. The Morgan fingerprint density at radius 3 is 2.86 bits per heavy atom. The number of pyridine rings is 1. The number of amides is 1. The van der Waals surface area contributed by atoms with Crippen LogP contribution < -0.4 is 10.6 Å². The minimum absolute atomic E-state index is 0.125. The average Bonchev–Trinajstić information content (AvgIpc) is 3.45. The monoisotopic (exact) mass is 429 g/mol. The largest absolute Gasteiger partial charge is 0.360 e. The second-order valence-electron chi connectivity index (χ2n) is 7.10. The molecule has 1 aliphatic carbocycles. The molecule has 3 aromatic heterocycles. The van der Waals surface area contributed by atoms with E-state index in [-0.39, 0.29) is 12.3 Å². The fraction of sp³-hybridized carbons (Fsp3) is 0.474. The van der Waals surface area contributed by atoms with E-state index in [1.54, 1.807) is 17.5 Å². The molecule has 1 aliphatic rings. The number of nitrogens with zero attached hydrogens (tertiary/aromatic N) is 5. The maximum Gasteiger partial charge on any atom is 0.232 e. The molecule has 0 radical (unpaired) electrons. The van der Waals surface area contributed by atoms with Gasteiger partial charge in [-0.05, 0) is 44.2 Å². The van der Waals surface area contributed by atoms with Gasteiger partial charge in [-0.25, -0.2) is 0 Å². The van der Waals surface area contributed by atoms with Gasteiger partial charge in [0, 0.05) is 30.8 Å². The normalized spacial score (nSPS) is 18.7. The third-order valence-electron chi connectivity index (χ3n) is 4.90. The molecule has 0 aliphatic heterocycles. The highest BCUT2D eigenvalue weighted by Crippen LogP contribution is 2.41. The van der Waals surface area contributed by atoms with E-state index in [9.17, 15) is 4.79 Å². The first-order valence-electron chi connectivity index (χ1n) is 9.79. The summed E-state index contributed by atoms with van der Waals surface area (Å²) in [6.07, 6.45) is 6.20. The topological polar surface area (TPSA) is 106 Å². The summed E-state index contributed by atoms with van der Waals surface area (Å²) in [5.74, 6) is 0.923. The van der Waals surface area contributed by atoms with E-state index < -0.39 is 0 Å². The number of hydrogen-bond acceptors (Lipinski definition) is 9. The standard InChI is InChI=1S/C19H23N7OS2/c1-2-20-18-25-24-17(29-18)13-7-6-12(9-13)10-16-23-26-19(28-16)22-15(27)11-14-5-3-4-8-21-14/h3-5,8,12-13H,2,6-7,9-11H2,1H3,(H,20,25)(H,22,26,27). The molecule has 1 saturated carbocycles. The molecule has 1 amide bonds. The fourth-order valence-corrected chi connectivity index (χ4v) is 5.40. The van der Waals surface area contributed by atoms with Crippen molar-refractivity contribution in [3.8, 4) is 0 Å². The molecule has 3 aromatic rings. The molecule has 2 unspecified atom stereocenters. The maximum atomic E-state index is 12.2. The van der Waals surface area contributed by atoms with Crippen molar-refractivity contribution in [1.29, 1.82) is 0 Å². The molecule has 2 atom stereocenters. The van der Waals surface area contributed by atoms with Gasteiger partial charge in [0.2, 0.25) is 16.2 Å². The number of rotatable bonds is 8. The molecule has 0 saturated heterocycles. The molecule has 29 heavy (non-hydrogen) atoms. The molecule has 10 heteroatoms. The lowest BCUT2D eigenvalue weighted by atomic mass is 10.0. The SMILES string of the molecule is CCNc1nnc(C2CCC(Cc3nnc(NC(=O)Cc4ccccn4)s3)C2)s1. The number of hydrogen-bond donors (Lipinski definition) is 2. The van der Waals surface area contributed by atoms with Crippen LogP contribution in [0, 0.1) is 5.92 Å². The van der Waals surface area contributed by atoms with Gasteiger partial charge >= 0.3 is 0 Å². The first-order valence-corrected chi connectivity index (χ1v) is 11.4. The van der Waals surface area contributed by atoms with Gasteiger partial charge in [0.25, 0.3) is 0 Å². The van der Waals surface area contributed by atoms with Crippen molar-refractivity contribution >= 4 is 38.8 Å². The minimum Gasteiger partial charge on any atom is -0.360 e. The van der Waals surface area contributed by atoms with E-state index in [0.717, 1.165) is 53.1 Å². The van der Waals surface area contributed by atoms with Crippen LogP contribution in [0.1, 0.15) is 47.8 Å². The van der Waals surface area contributed by atoms with Crippen molar-refractivity contribution in [3.63, 3.8) is 0 Å². The Morgan fingerprint density at radius 2 is 2.03 bits per heavy atom. The van der Waals surface area contributed by atoms with Gasteiger partial charge in [0.15, 0.2) is 0 Å². The summed E-state index contributed by atoms with van der Waals surface area (Å²) in [6, 6.07) is 5.54. The third kappa shape index (κ3) is 5.33. The van der Waals surface area contributed by atoms with Crippen molar-refractivity contribution in [2.24, 2.45) is 5.92 Å². The molecule has 152 valence electrons. The summed E-state index contributed by atoms with van der Waals surface area (Å²) >= 11 is 3.12. The zero-order valence-electron chi connectivity index (χ0n) is 16.2. The van der Waals surface area contributed by atoms with E-state index in [1.807, 2.05) is 18.2 Å². The van der Waals surface area contributed by atoms with E-state index >= 15 is 0 Å². The van der Waals surface area contributed by atoms with E-state index in [1.165, 1.54) is 11.3 Å². The number of carbonyl (C=O) groups excluding carboxylic acids is 1. The van der Waals surface area contributed by atoms with Crippen molar-refractivity contribution in [3.05, 3.63) is 40.1 Å². The second kappa shape index (κ2) is 9.36. The molecule has 1 fully saturated rings. The van der Waals surface area contributed by atoms with Crippen LogP contribution in [0.25, 0.3) is 0 Å². The van der Waals surface area contributed by atoms with Gasteiger partial charge < -0.3 is 10.6 Å². The molecule has 8 nitrogen and oxygen atoms in total. The quantitative estimate of drug-likeness (QED) is 0.564. The number of anilines is 2. The van der Waals surface area contributed by atoms with E-state index in [0.29, 0.717) is 17.0 Å². The molecular formula is C19H23N7OS2. The molecular weight excluding hydrogens is 406 g/mol. The molecule has 4 rings (SSSR count). The Bertz CT molecular complexity index is 943. The van der Waals surface area contributed by atoms with Gasteiger partial charge in [-0.2, -0.15) is 0 Å². The van der Waals surface area contributed by atoms with Gasteiger partial charge in [-0.1, -0.05) is 28.7 Å². The summed E-state index contributed by atoms with van der Waals surface area (Å²) in [5, 5.41) is 26.6. The van der Waals surface area contributed by atoms with Crippen LogP contribution in [0.2, 0.25) is 0 Å². The first kappa shape index (κ1) is 19.8. The van der Waals surface area contributed by atoms with Gasteiger partial charge in [-0.15, -0.1) is 20.4 Å². The minimum atomic E-state index is -0.125. The molecule has 0 spiro atoms. The van der Waals surface area contributed by atoms with Crippen molar-refractivity contribution in [2.45, 2.75) is 44.9 Å². The molecule has 3 heterocycles. The summed E-state index contributed by atoms with van der Waals surface area (Å²) in [6.45, 7) is 2.92. The van der Waals surface area contributed by atoms with Crippen LogP contribution in [0.4, 0.5) is 10.3 Å². The van der Waals surface area contributed by atoms with Crippen molar-refractivity contribution in [1.82, 2.24) is 25.4 Å². The number of nitrogens with one attached hydrogen (secondary N) is 2. The van der Waals surface area contributed by atoms with Crippen molar-refractivity contribution in [2.75, 3.05) is 17.2 Å². The summed E-state index contributed by atoms with van der Waals surface area (Å²) in [7, 11) is 0. The fourth-order valence-electron chi connectivity index (χ4n) is 3.57. The predicted octanol–water partition coefficient (Wildman–Crippen LogP) is 3.52. The van der Waals surface area contributed by atoms with Gasteiger partial charge in [0.05, 0.1) is 6.42 Å². The zero-order chi connectivity index (χ0) is 20.1. The molecule has 2 N–H and O–H groups in total. The third-order valence-corrected chi connectivity index (χ3v) is 6.81. The summed E-state index contributed by atoms with van der Waals surface area (Å²) in [4.78, 5) is 16.3. The zero-order valence-corrected chi connectivity index (χ0v) is 17.8. The Kier molecular flexibility index (Phi) is 6.40. The lowest BCUT2D eigenvalue weighted by Gasteiger charge is -2.06. The summed E-state index contributed by atoms with van der Waals surface area (Å²) < 4.78 is 0. The van der Waals surface area contributed by atoms with E-state index in [2.05, 4.69) is 42.9 Å². The lowest BCUT2D eigenvalue weighted by molar-refractivity contribution is -0.115. The van der Waals surface area contributed by atoms with Crippen LogP contribution in [0.15, 0.2) is 24.4 Å². The van der Waals surface area contributed by atoms with Crippen LogP contribution in [-0.4, -0.2) is 37.8 Å². The Labute approximate surface area is 177 Å². The molecule has 0 bridgehead atoms. The highest BCUT2D eigenvalue weighted by atomic mass is 32.1. The number of carbonyl (C=O) groups is 1.